The first-order valence-corrected chi connectivity index (χ1v) is 6.06. The number of allylic oxidation sites excluding steroid dienone is 1. The summed E-state index contributed by atoms with van der Waals surface area (Å²) in [6.45, 7) is 5.99. The van der Waals surface area contributed by atoms with E-state index in [0.717, 1.165) is 24.0 Å². The normalized spacial score (nSPS) is 12.2. The van der Waals surface area contributed by atoms with E-state index in [1.807, 2.05) is 38.1 Å². The van der Waals surface area contributed by atoms with Crippen LogP contribution in [0.4, 0.5) is 0 Å². The van der Waals surface area contributed by atoms with Crippen molar-refractivity contribution in [2.75, 3.05) is 0 Å². The number of rotatable bonds is 5. The van der Waals surface area contributed by atoms with Crippen molar-refractivity contribution in [3.8, 4) is 0 Å². The summed E-state index contributed by atoms with van der Waals surface area (Å²) in [5.41, 5.74) is 3.61. The first-order valence-electron chi connectivity index (χ1n) is 6.06. The first-order chi connectivity index (χ1) is 8.06. The maximum Gasteiger partial charge on any atom is 0.331 e. The molecule has 0 bridgehead atoms. The van der Waals surface area contributed by atoms with E-state index in [-0.39, 0.29) is 0 Å². The van der Waals surface area contributed by atoms with Gasteiger partial charge in [0.15, 0.2) is 0 Å². The average molecular weight is 232 g/mol. The Bertz CT molecular complexity index is 413. The third kappa shape index (κ3) is 3.74. The highest BCUT2D eigenvalue weighted by molar-refractivity contribution is 5.95. The van der Waals surface area contributed by atoms with Gasteiger partial charge in [0.25, 0.3) is 0 Å². The number of aryl methyl sites for hydroxylation is 1. The van der Waals surface area contributed by atoms with Crippen LogP contribution in [0.15, 0.2) is 29.8 Å². The van der Waals surface area contributed by atoms with E-state index < -0.39 is 5.97 Å². The maximum absolute atomic E-state index is 11.2. The highest BCUT2D eigenvalue weighted by Gasteiger charge is 2.11. The van der Waals surface area contributed by atoms with Gasteiger partial charge >= 0.3 is 5.97 Å². The Morgan fingerprint density at radius 1 is 1.24 bits per heavy atom. The Hall–Kier alpha value is -1.57. The van der Waals surface area contributed by atoms with Crippen molar-refractivity contribution < 1.29 is 9.90 Å². The van der Waals surface area contributed by atoms with E-state index in [9.17, 15) is 9.90 Å². The van der Waals surface area contributed by atoms with Crippen molar-refractivity contribution in [3.63, 3.8) is 0 Å². The molecule has 2 heteroatoms. The maximum atomic E-state index is 11.2. The SMILES string of the molecule is CCCC/C(C(=O)O)=C(/C)c1ccc(C)cc1. The van der Waals surface area contributed by atoms with Crippen LogP contribution in [-0.4, -0.2) is 11.1 Å². The molecule has 0 saturated carbocycles. The second-order valence-corrected chi connectivity index (χ2v) is 4.38. The molecule has 0 heterocycles. The van der Waals surface area contributed by atoms with E-state index in [1.54, 1.807) is 0 Å². The smallest absolute Gasteiger partial charge is 0.331 e. The largest absolute Gasteiger partial charge is 0.478 e. The van der Waals surface area contributed by atoms with Crippen LogP contribution in [0.1, 0.15) is 44.2 Å². The molecule has 92 valence electrons. The minimum atomic E-state index is -0.795. The van der Waals surface area contributed by atoms with E-state index in [0.29, 0.717) is 12.0 Å². The minimum absolute atomic E-state index is 0.538. The molecular formula is C15H20O2. The van der Waals surface area contributed by atoms with Gasteiger partial charge in [0.1, 0.15) is 0 Å². The molecule has 0 saturated heterocycles. The summed E-state index contributed by atoms with van der Waals surface area (Å²) in [6, 6.07) is 8.00. The van der Waals surface area contributed by atoms with Crippen LogP contribution in [0.5, 0.6) is 0 Å². The van der Waals surface area contributed by atoms with Crippen LogP contribution in [0.3, 0.4) is 0 Å². The molecule has 0 fully saturated rings. The second kappa shape index (κ2) is 6.24. The van der Waals surface area contributed by atoms with Gasteiger partial charge in [0.2, 0.25) is 0 Å². The quantitative estimate of drug-likeness (QED) is 0.778. The third-order valence-electron chi connectivity index (χ3n) is 2.98. The molecule has 0 spiro atoms. The lowest BCUT2D eigenvalue weighted by molar-refractivity contribution is -0.132. The molecule has 0 aliphatic carbocycles. The molecule has 1 N–H and O–H groups in total. The fourth-order valence-electron chi connectivity index (χ4n) is 1.79. The van der Waals surface area contributed by atoms with Crippen LogP contribution < -0.4 is 0 Å². The fourth-order valence-corrected chi connectivity index (χ4v) is 1.79. The molecule has 1 aromatic carbocycles. The third-order valence-corrected chi connectivity index (χ3v) is 2.98. The summed E-state index contributed by atoms with van der Waals surface area (Å²) in [4.78, 5) is 11.2. The Kier molecular flexibility index (Phi) is 4.95. The van der Waals surface area contributed by atoms with E-state index in [2.05, 4.69) is 6.92 Å². The molecule has 0 radical (unpaired) electrons. The van der Waals surface area contributed by atoms with Crippen molar-refractivity contribution in [1.29, 1.82) is 0 Å². The summed E-state index contributed by atoms with van der Waals surface area (Å²) >= 11 is 0. The number of hydrogen-bond acceptors (Lipinski definition) is 1. The van der Waals surface area contributed by atoms with Crippen molar-refractivity contribution in [3.05, 3.63) is 41.0 Å². The van der Waals surface area contributed by atoms with Gasteiger partial charge < -0.3 is 5.11 Å². The Balaban J connectivity index is 3.05. The number of carboxylic acids is 1. The molecule has 0 amide bonds. The van der Waals surface area contributed by atoms with Crippen molar-refractivity contribution in [2.45, 2.75) is 40.0 Å². The topological polar surface area (TPSA) is 37.3 Å². The predicted octanol–water partition coefficient (Wildman–Crippen LogP) is 4.04. The molecule has 0 aliphatic rings. The lowest BCUT2D eigenvalue weighted by Gasteiger charge is -2.08. The van der Waals surface area contributed by atoms with E-state index in [1.165, 1.54) is 5.56 Å². The molecule has 2 nitrogen and oxygen atoms in total. The number of hydrogen-bond donors (Lipinski definition) is 1. The number of benzene rings is 1. The first kappa shape index (κ1) is 13.5. The van der Waals surface area contributed by atoms with Crippen LogP contribution >= 0.6 is 0 Å². The molecule has 0 unspecified atom stereocenters. The summed E-state index contributed by atoms with van der Waals surface area (Å²) in [6.07, 6.45) is 2.58. The number of aliphatic carboxylic acids is 1. The number of unbranched alkanes of at least 4 members (excludes halogenated alkanes) is 1. The fraction of sp³-hybridized carbons (Fsp3) is 0.400. The standard InChI is InChI=1S/C15H20O2/c1-4-5-6-14(15(16)17)12(3)13-9-7-11(2)8-10-13/h7-10H,4-6H2,1-3H3,(H,16,17)/b14-12+. The molecule has 0 aromatic heterocycles. The van der Waals surface area contributed by atoms with Gasteiger partial charge in [0, 0.05) is 5.57 Å². The monoisotopic (exact) mass is 232 g/mol. The van der Waals surface area contributed by atoms with Crippen molar-refractivity contribution in [2.24, 2.45) is 0 Å². The van der Waals surface area contributed by atoms with Gasteiger partial charge in [-0.25, -0.2) is 4.79 Å². The van der Waals surface area contributed by atoms with E-state index in [4.69, 9.17) is 0 Å². The number of carboxylic acid groups (broad SMARTS) is 1. The minimum Gasteiger partial charge on any atom is -0.478 e. The second-order valence-electron chi connectivity index (χ2n) is 4.38. The highest BCUT2D eigenvalue weighted by atomic mass is 16.4. The molecule has 0 atom stereocenters. The van der Waals surface area contributed by atoms with Gasteiger partial charge in [-0.3, -0.25) is 0 Å². The Morgan fingerprint density at radius 3 is 2.29 bits per heavy atom. The number of carbonyl (C=O) groups is 1. The Morgan fingerprint density at radius 2 is 1.82 bits per heavy atom. The molecular weight excluding hydrogens is 212 g/mol. The van der Waals surface area contributed by atoms with Gasteiger partial charge in [-0.05, 0) is 37.8 Å². The van der Waals surface area contributed by atoms with Gasteiger partial charge in [-0.1, -0.05) is 43.2 Å². The molecule has 1 rings (SSSR count). The van der Waals surface area contributed by atoms with Gasteiger partial charge in [0.05, 0.1) is 0 Å². The summed E-state index contributed by atoms with van der Waals surface area (Å²) in [5, 5.41) is 9.23. The molecule has 0 aliphatic heterocycles. The molecule has 1 aromatic rings. The van der Waals surface area contributed by atoms with Gasteiger partial charge in [-0.15, -0.1) is 0 Å². The Labute approximate surface area is 103 Å². The van der Waals surface area contributed by atoms with Gasteiger partial charge in [-0.2, -0.15) is 0 Å². The summed E-state index contributed by atoms with van der Waals surface area (Å²) in [7, 11) is 0. The summed E-state index contributed by atoms with van der Waals surface area (Å²) < 4.78 is 0. The summed E-state index contributed by atoms with van der Waals surface area (Å²) in [5.74, 6) is -0.795. The van der Waals surface area contributed by atoms with E-state index >= 15 is 0 Å². The molecule has 17 heavy (non-hydrogen) atoms. The predicted molar refractivity (Wildman–Crippen MR) is 70.9 cm³/mol. The van der Waals surface area contributed by atoms with Crippen molar-refractivity contribution >= 4 is 11.5 Å². The van der Waals surface area contributed by atoms with Crippen LogP contribution in [0.25, 0.3) is 5.57 Å². The van der Waals surface area contributed by atoms with Crippen LogP contribution in [0, 0.1) is 6.92 Å². The zero-order valence-corrected chi connectivity index (χ0v) is 10.8. The van der Waals surface area contributed by atoms with Crippen molar-refractivity contribution in [1.82, 2.24) is 0 Å². The lowest BCUT2D eigenvalue weighted by Crippen LogP contribution is -2.03. The zero-order chi connectivity index (χ0) is 12.8. The van der Waals surface area contributed by atoms with Crippen LogP contribution in [-0.2, 0) is 4.79 Å². The zero-order valence-electron chi connectivity index (χ0n) is 10.8. The van der Waals surface area contributed by atoms with Crippen LogP contribution in [0.2, 0.25) is 0 Å². The highest BCUT2D eigenvalue weighted by Crippen LogP contribution is 2.22. The lowest BCUT2D eigenvalue weighted by atomic mass is 9.97. The average Bonchev–Trinajstić information content (AvgIpc) is 2.29.